The monoisotopic (exact) mass is 785 g/mol. The zero-order chi connectivity index (χ0) is 40.3. The molecule has 0 saturated carbocycles. The second kappa shape index (κ2) is 40.3. The molecule has 310 valence electrons. The average molecular weight is 786 g/mol. The van der Waals surface area contributed by atoms with Gasteiger partial charge in [-0.25, -0.2) is 4.57 Å². The topological polar surface area (TPSA) is 134 Å². The first-order chi connectivity index (χ1) is 26.8. The molecule has 0 bridgehead atoms. The van der Waals surface area contributed by atoms with Crippen LogP contribution in [0.5, 0.6) is 0 Å². The Morgan fingerprint density at radius 1 is 0.564 bits per heavy atom. The standard InChI is InChI=1S/C45H72NO8P/c1-3-5-7-9-11-13-15-17-19-20-21-22-24-26-28-30-32-34-36-38-45(48)54-43(42-53-55(49,50)52-40-39-46)41-51-44(47)37-35-33-31-29-27-25-23-18-16-14-12-10-8-6-4-2/h6,8,11-14,17-19,21-23,26-29,32,34,43H,3-5,7,9-10,15-16,20,24-25,30-31,33,35-42,46H2,1-2H3,(H,49,50). The molecule has 0 aliphatic carbocycles. The smallest absolute Gasteiger partial charge is 0.462 e. The van der Waals surface area contributed by atoms with Crippen LogP contribution in [0.2, 0.25) is 0 Å². The van der Waals surface area contributed by atoms with Gasteiger partial charge in [0, 0.05) is 19.4 Å². The van der Waals surface area contributed by atoms with Gasteiger partial charge in [0.05, 0.1) is 13.2 Å². The minimum atomic E-state index is -4.41. The largest absolute Gasteiger partial charge is 0.472 e. The van der Waals surface area contributed by atoms with Crippen molar-refractivity contribution in [3.63, 3.8) is 0 Å². The molecule has 9 nitrogen and oxygen atoms in total. The van der Waals surface area contributed by atoms with E-state index < -0.39 is 32.5 Å². The number of ether oxygens (including phenoxy) is 2. The van der Waals surface area contributed by atoms with Crippen molar-refractivity contribution in [2.75, 3.05) is 26.4 Å². The number of hydrogen-bond acceptors (Lipinski definition) is 8. The molecule has 0 aliphatic rings. The van der Waals surface area contributed by atoms with Crippen molar-refractivity contribution >= 4 is 19.8 Å². The Balaban J connectivity index is 4.42. The van der Waals surface area contributed by atoms with Crippen LogP contribution in [0.4, 0.5) is 0 Å². The number of allylic oxidation sites excluding steroid dienone is 18. The summed E-state index contributed by atoms with van der Waals surface area (Å²) >= 11 is 0. The Hall–Kier alpha value is -3.33. The third-order valence-electron chi connectivity index (χ3n) is 7.66. The zero-order valence-electron chi connectivity index (χ0n) is 33.9. The van der Waals surface area contributed by atoms with Crippen LogP contribution in [0.25, 0.3) is 0 Å². The van der Waals surface area contributed by atoms with Crippen LogP contribution in [0, 0.1) is 0 Å². The molecular weight excluding hydrogens is 713 g/mol. The second-order valence-corrected chi connectivity index (χ2v) is 14.2. The molecular formula is C45H72NO8P. The van der Waals surface area contributed by atoms with E-state index in [2.05, 4.69) is 111 Å². The van der Waals surface area contributed by atoms with E-state index >= 15 is 0 Å². The Morgan fingerprint density at radius 2 is 1.02 bits per heavy atom. The van der Waals surface area contributed by atoms with E-state index in [4.69, 9.17) is 24.3 Å². The van der Waals surface area contributed by atoms with E-state index in [9.17, 15) is 19.0 Å². The Bertz CT molecular complexity index is 1260. The van der Waals surface area contributed by atoms with Crippen LogP contribution in [0.3, 0.4) is 0 Å². The molecule has 0 fully saturated rings. The average Bonchev–Trinajstić information content (AvgIpc) is 3.17. The quantitative estimate of drug-likeness (QED) is 0.0275. The molecule has 0 aliphatic heterocycles. The normalized spacial score (nSPS) is 14.5. The van der Waals surface area contributed by atoms with Crippen LogP contribution in [0.1, 0.15) is 129 Å². The van der Waals surface area contributed by atoms with Gasteiger partial charge >= 0.3 is 19.8 Å². The maximum Gasteiger partial charge on any atom is 0.472 e. The van der Waals surface area contributed by atoms with Gasteiger partial charge in [0.25, 0.3) is 0 Å². The van der Waals surface area contributed by atoms with Crippen molar-refractivity contribution in [2.24, 2.45) is 5.73 Å². The van der Waals surface area contributed by atoms with Crippen LogP contribution in [-0.2, 0) is 32.7 Å². The molecule has 3 N–H and O–H groups in total. The van der Waals surface area contributed by atoms with Crippen molar-refractivity contribution in [1.29, 1.82) is 0 Å². The van der Waals surface area contributed by atoms with Gasteiger partial charge in [-0.05, 0) is 89.9 Å². The molecule has 10 heteroatoms. The van der Waals surface area contributed by atoms with E-state index in [0.29, 0.717) is 12.8 Å². The SMILES string of the molecule is CCC=CCC=CCC=CCC=CCCCCC(=O)OCC(COP(=O)(O)OCCN)OC(=O)CCC=CCC=CCC=CCC=CCC=CCCCCC. The summed E-state index contributed by atoms with van der Waals surface area (Å²) in [4.78, 5) is 34.8. The highest BCUT2D eigenvalue weighted by Crippen LogP contribution is 2.43. The Morgan fingerprint density at radius 3 is 1.49 bits per heavy atom. The molecule has 0 spiro atoms. The maximum atomic E-state index is 12.5. The van der Waals surface area contributed by atoms with E-state index in [1.54, 1.807) is 0 Å². The number of esters is 2. The van der Waals surface area contributed by atoms with Crippen molar-refractivity contribution < 1.29 is 37.6 Å². The van der Waals surface area contributed by atoms with Gasteiger partial charge < -0.3 is 20.1 Å². The molecule has 0 aromatic heterocycles. The summed E-state index contributed by atoms with van der Waals surface area (Å²) in [6.45, 7) is 3.41. The minimum Gasteiger partial charge on any atom is -0.462 e. The molecule has 0 heterocycles. The number of carbonyl (C=O) groups is 2. The predicted octanol–water partition coefficient (Wildman–Crippen LogP) is 11.6. The van der Waals surface area contributed by atoms with Crippen LogP contribution in [-0.4, -0.2) is 49.3 Å². The van der Waals surface area contributed by atoms with Crippen LogP contribution < -0.4 is 5.73 Å². The van der Waals surface area contributed by atoms with Crippen molar-refractivity contribution in [3.05, 3.63) is 109 Å². The van der Waals surface area contributed by atoms with E-state index in [1.165, 1.54) is 25.7 Å². The summed E-state index contributed by atoms with van der Waals surface area (Å²) in [5.41, 5.74) is 5.33. The summed E-state index contributed by atoms with van der Waals surface area (Å²) < 4.78 is 32.6. The summed E-state index contributed by atoms with van der Waals surface area (Å²) in [6, 6.07) is 0. The van der Waals surface area contributed by atoms with Crippen molar-refractivity contribution in [3.8, 4) is 0 Å². The van der Waals surface area contributed by atoms with Gasteiger partial charge in [-0.3, -0.25) is 18.6 Å². The molecule has 0 saturated heterocycles. The lowest BCUT2D eigenvalue weighted by atomic mass is 10.2. The highest BCUT2D eigenvalue weighted by Gasteiger charge is 2.25. The lowest BCUT2D eigenvalue weighted by Gasteiger charge is -2.19. The lowest BCUT2D eigenvalue weighted by Crippen LogP contribution is -2.29. The second-order valence-electron chi connectivity index (χ2n) is 12.8. The molecule has 0 rings (SSSR count). The van der Waals surface area contributed by atoms with Gasteiger partial charge in [-0.2, -0.15) is 0 Å². The van der Waals surface area contributed by atoms with Crippen LogP contribution in [0.15, 0.2) is 109 Å². The fourth-order valence-corrected chi connectivity index (χ4v) is 5.43. The van der Waals surface area contributed by atoms with Crippen LogP contribution >= 0.6 is 7.82 Å². The number of phosphoric acid groups is 1. The number of nitrogens with two attached hydrogens (primary N) is 1. The third kappa shape index (κ3) is 40.2. The molecule has 0 aromatic rings. The fraction of sp³-hybridized carbons (Fsp3) is 0.556. The maximum absolute atomic E-state index is 12.5. The summed E-state index contributed by atoms with van der Waals surface area (Å²) in [5.74, 6) is -0.988. The minimum absolute atomic E-state index is 0.0299. The van der Waals surface area contributed by atoms with Gasteiger partial charge in [-0.15, -0.1) is 0 Å². The fourth-order valence-electron chi connectivity index (χ4n) is 4.66. The number of carbonyl (C=O) groups excluding carboxylic acids is 2. The third-order valence-corrected chi connectivity index (χ3v) is 8.64. The molecule has 0 aromatic carbocycles. The molecule has 55 heavy (non-hydrogen) atoms. The number of phosphoric ester groups is 1. The first-order valence-corrected chi connectivity index (χ1v) is 21.9. The highest BCUT2D eigenvalue weighted by molar-refractivity contribution is 7.47. The van der Waals surface area contributed by atoms with E-state index in [0.717, 1.165) is 64.2 Å². The number of hydrogen-bond donors (Lipinski definition) is 2. The lowest BCUT2D eigenvalue weighted by molar-refractivity contribution is -0.161. The van der Waals surface area contributed by atoms with Crippen molar-refractivity contribution in [2.45, 2.75) is 136 Å². The first-order valence-electron chi connectivity index (χ1n) is 20.4. The zero-order valence-corrected chi connectivity index (χ0v) is 34.7. The first kappa shape index (κ1) is 51.7. The number of unbranched alkanes of at least 4 members (excludes halogenated alkanes) is 5. The van der Waals surface area contributed by atoms with Gasteiger partial charge in [-0.1, -0.05) is 136 Å². The molecule has 0 radical (unpaired) electrons. The van der Waals surface area contributed by atoms with Gasteiger partial charge in [0.1, 0.15) is 6.61 Å². The summed E-state index contributed by atoms with van der Waals surface area (Å²) in [7, 11) is -4.41. The number of rotatable bonds is 36. The van der Waals surface area contributed by atoms with Gasteiger partial charge in [0.15, 0.2) is 6.10 Å². The summed E-state index contributed by atoms with van der Waals surface area (Å²) in [6.07, 6.45) is 52.8. The summed E-state index contributed by atoms with van der Waals surface area (Å²) in [5, 5.41) is 0. The van der Waals surface area contributed by atoms with Crippen molar-refractivity contribution in [1.82, 2.24) is 0 Å². The molecule has 2 unspecified atom stereocenters. The predicted molar refractivity (Wildman–Crippen MR) is 228 cm³/mol. The molecule has 0 amide bonds. The van der Waals surface area contributed by atoms with Gasteiger partial charge in [0.2, 0.25) is 0 Å². The van der Waals surface area contributed by atoms with E-state index in [1.807, 2.05) is 12.2 Å². The Labute approximate surface area is 333 Å². The Kier molecular flexibility index (Phi) is 37.9. The van der Waals surface area contributed by atoms with E-state index in [-0.39, 0.29) is 32.6 Å². The highest BCUT2D eigenvalue weighted by atomic mass is 31.2. The molecule has 2 atom stereocenters.